The molecule has 0 bridgehead atoms. The Balaban J connectivity index is 1.76. The number of quaternary nitrogens is 1. The summed E-state index contributed by atoms with van der Waals surface area (Å²) in [6, 6.07) is 0. The van der Waals surface area contributed by atoms with Crippen molar-refractivity contribution in [3.63, 3.8) is 0 Å². The number of rotatable bonds is 3. The molecule has 3 rings (SSSR count). The quantitative estimate of drug-likeness (QED) is 0.559. The summed E-state index contributed by atoms with van der Waals surface area (Å²) in [6.07, 6.45) is 6.76. The molecule has 3 aliphatic heterocycles. The number of aliphatic imine (C=N–C) groups is 2. The molecule has 0 aromatic heterocycles. The Labute approximate surface area is 139 Å². The van der Waals surface area contributed by atoms with E-state index in [0.717, 1.165) is 35.6 Å². The normalized spacial score (nSPS) is 30.7. The van der Waals surface area contributed by atoms with Crippen LogP contribution in [0.2, 0.25) is 0 Å². The van der Waals surface area contributed by atoms with Gasteiger partial charge in [0.2, 0.25) is 5.91 Å². The van der Waals surface area contributed by atoms with Gasteiger partial charge in [0.15, 0.2) is 5.70 Å². The number of amidine groups is 1. The van der Waals surface area contributed by atoms with E-state index >= 15 is 0 Å². The summed E-state index contributed by atoms with van der Waals surface area (Å²) in [5, 5.41) is 0. The lowest BCUT2D eigenvalue weighted by atomic mass is 10.0. The molecule has 0 radical (unpaired) electrons. The number of nitrogens with zero attached hydrogens (tertiary/aromatic N) is 5. The fourth-order valence-corrected chi connectivity index (χ4v) is 3.54. The molecule has 0 aromatic carbocycles. The van der Waals surface area contributed by atoms with Crippen molar-refractivity contribution in [1.29, 1.82) is 0 Å². The Morgan fingerprint density at radius 3 is 3.05 bits per heavy atom. The minimum Gasteiger partial charge on any atom is -0.348 e. The molecule has 2 atom stereocenters. The minimum atomic E-state index is 0.150. The number of likely N-dealkylation sites (N-methyl/N-ethyl adjacent to an activating group) is 1. The topological polar surface area (TPSA) is 48.3 Å². The van der Waals surface area contributed by atoms with Gasteiger partial charge in [-0.3, -0.25) is 14.7 Å². The van der Waals surface area contributed by atoms with Crippen LogP contribution in [-0.4, -0.2) is 71.9 Å². The first-order chi connectivity index (χ1) is 10.4. The first-order valence-electron chi connectivity index (χ1n) is 7.41. The standard InChI is InChI=1S/C15H21BrN5O/c1-19(2)13(22)10-20-6-4-11(9-20)14-12-8-17-5-7-21(12,3)15(16)18-14/h5,7-8,11H,4,6,9-10H2,1-3H3/q+1. The highest BCUT2D eigenvalue weighted by molar-refractivity contribution is 9.18. The number of amides is 1. The van der Waals surface area contributed by atoms with Gasteiger partial charge in [-0.05, 0) is 13.0 Å². The lowest BCUT2D eigenvalue weighted by Crippen LogP contribution is -2.39. The van der Waals surface area contributed by atoms with Crippen LogP contribution in [0.3, 0.4) is 0 Å². The Bertz CT molecular complexity index is 621. The van der Waals surface area contributed by atoms with Gasteiger partial charge in [0.1, 0.15) is 11.9 Å². The minimum absolute atomic E-state index is 0.150. The molecule has 0 aliphatic carbocycles. The smallest absolute Gasteiger partial charge is 0.281 e. The molecule has 3 heterocycles. The highest BCUT2D eigenvalue weighted by Crippen LogP contribution is 2.38. The maximum Gasteiger partial charge on any atom is 0.281 e. The monoisotopic (exact) mass is 366 g/mol. The second-order valence-electron chi connectivity index (χ2n) is 6.31. The van der Waals surface area contributed by atoms with E-state index in [2.05, 4.69) is 32.9 Å². The Morgan fingerprint density at radius 2 is 2.32 bits per heavy atom. The van der Waals surface area contributed by atoms with Crippen LogP contribution in [0.15, 0.2) is 33.8 Å². The van der Waals surface area contributed by atoms with E-state index in [0.29, 0.717) is 16.9 Å². The number of hydrogen-bond acceptors (Lipinski definition) is 4. The lowest BCUT2D eigenvalue weighted by molar-refractivity contribution is -0.709. The van der Waals surface area contributed by atoms with Crippen LogP contribution in [0, 0.1) is 5.92 Å². The van der Waals surface area contributed by atoms with E-state index in [-0.39, 0.29) is 5.91 Å². The second kappa shape index (κ2) is 5.72. The molecule has 7 heteroatoms. The number of hydrogen-bond donors (Lipinski definition) is 0. The summed E-state index contributed by atoms with van der Waals surface area (Å²) in [6.45, 7) is 2.29. The van der Waals surface area contributed by atoms with Crippen LogP contribution in [0.25, 0.3) is 0 Å². The second-order valence-corrected chi connectivity index (χ2v) is 7.02. The van der Waals surface area contributed by atoms with Crippen LogP contribution >= 0.6 is 15.9 Å². The predicted molar refractivity (Wildman–Crippen MR) is 90.4 cm³/mol. The predicted octanol–water partition coefficient (Wildman–Crippen LogP) is 1.37. The number of carbonyl (C=O) groups excluding carboxylic acids is 1. The van der Waals surface area contributed by atoms with Gasteiger partial charge in [0.05, 0.1) is 26.0 Å². The van der Waals surface area contributed by atoms with Crippen molar-refractivity contribution < 1.29 is 9.28 Å². The highest BCUT2D eigenvalue weighted by Gasteiger charge is 2.43. The molecule has 0 N–H and O–H groups in total. The van der Waals surface area contributed by atoms with E-state index in [1.807, 2.05) is 12.4 Å². The van der Waals surface area contributed by atoms with E-state index in [9.17, 15) is 4.79 Å². The maximum absolute atomic E-state index is 11.9. The lowest BCUT2D eigenvalue weighted by Gasteiger charge is -2.25. The third-order valence-electron chi connectivity index (χ3n) is 4.52. The summed E-state index contributed by atoms with van der Waals surface area (Å²) in [5.41, 5.74) is 2.22. The Kier molecular flexibility index (Phi) is 4.05. The molecule has 1 amide bonds. The SMILES string of the molecule is CN(C)C(=O)CN1CCC(C2=C3C=NC=C[N+]3(C)C(Br)=N2)C1. The molecule has 0 spiro atoms. The fraction of sp³-hybridized carbons (Fsp3) is 0.533. The molecule has 118 valence electrons. The van der Waals surface area contributed by atoms with E-state index < -0.39 is 0 Å². The molecule has 6 nitrogen and oxygen atoms in total. The van der Waals surface area contributed by atoms with Crippen LogP contribution in [0.5, 0.6) is 0 Å². The zero-order valence-corrected chi connectivity index (χ0v) is 14.7. The van der Waals surface area contributed by atoms with Crippen molar-refractivity contribution in [3.8, 4) is 0 Å². The zero-order chi connectivity index (χ0) is 15.9. The molecule has 0 saturated carbocycles. The third-order valence-corrected chi connectivity index (χ3v) is 5.44. The van der Waals surface area contributed by atoms with E-state index in [1.54, 1.807) is 25.2 Å². The first-order valence-corrected chi connectivity index (χ1v) is 8.20. The van der Waals surface area contributed by atoms with Gasteiger partial charge >= 0.3 is 0 Å². The molecule has 2 unspecified atom stereocenters. The summed E-state index contributed by atoms with van der Waals surface area (Å²) < 4.78 is 1.44. The first kappa shape index (κ1) is 15.6. The third kappa shape index (κ3) is 2.57. The van der Waals surface area contributed by atoms with Gasteiger partial charge in [-0.1, -0.05) is 0 Å². The number of carbonyl (C=O) groups is 1. The highest BCUT2D eigenvalue weighted by atomic mass is 79.9. The molecule has 1 fully saturated rings. The number of halogens is 1. The summed E-state index contributed by atoms with van der Waals surface area (Å²) in [7, 11) is 5.69. The van der Waals surface area contributed by atoms with Crippen molar-refractivity contribution in [3.05, 3.63) is 23.8 Å². The average molecular weight is 367 g/mol. The molecular formula is C15H21BrN5O+. The molecule has 22 heavy (non-hydrogen) atoms. The molecular weight excluding hydrogens is 346 g/mol. The van der Waals surface area contributed by atoms with Crippen molar-refractivity contribution in [2.75, 3.05) is 40.8 Å². The van der Waals surface area contributed by atoms with Crippen LogP contribution in [-0.2, 0) is 4.79 Å². The van der Waals surface area contributed by atoms with Gasteiger partial charge in [-0.25, -0.2) is 4.48 Å². The Morgan fingerprint density at radius 1 is 1.55 bits per heavy atom. The van der Waals surface area contributed by atoms with Crippen molar-refractivity contribution in [2.24, 2.45) is 15.9 Å². The van der Waals surface area contributed by atoms with Crippen molar-refractivity contribution >= 4 is 32.8 Å². The molecule has 3 aliphatic rings. The van der Waals surface area contributed by atoms with Crippen LogP contribution in [0.1, 0.15) is 6.42 Å². The number of fused-ring (bicyclic) bond motifs is 1. The number of likely N-dealkylation sites (tertiary alicyclic amines) is 1. The maximum atomic E-state index is 11.9. The van der Waals surface area contributed by atoms with Gasteiger partial charge in [0, 0.05) is 42.5 Å². The largest absolute Gasteiger partial charge is 0.348 e. The van der Waals surface area contributed by atoms with Gasteiger partial charge in [-0.15, -0.1) is 0 Å². The van der Waals surface area contributed by atoms with Crippen molar-refractivity contribution in [1.82, 2.24) is 9.80 Å². The molecule has 0 aromatic rings. The molecule has 1 saturated heterocycles. The summed E-state index contributed by atoms with van der Waals surface area (Å²) >= 11 is 3.59. The summed E-state index contributed by atoms with van der Waals surface area (Å²) in [4.78, 5) is 24.7. The average Bonchev–Trinajstić information content (AvgIpc) is 3.02. The number of allylic oxidation sites excluding steroid dienone is 1. The van der Waals surface area contributed by atoms with E-state index in [4.69, 9.17) is 4.99 Å². The van der Waals surface area contributed by atoms with Crippen molar-refractivity contribution in [2.45, 2.75) is 6.42 Å². The van der Waals surface area contributed by atoms with E-state index in [1.165, 1.54) is 0 Å². The van der Waals surface area contributed by atoms with Crippen LogP contribution < -0.4 is 0 Å². The van der Waals surface area contributed by atoms with Gasteiger partial charge < -0.3 is 4.90 Å². The zero-order valence-electron chi connectivity index (χ0n) is 13.2. The van der Waals surface area contributed by atoms with Gasteiger partial charge in [0.25, 0.3) is 4.74 Å². The van der Waals surface area contributed by atoms with Gasteiger partial charge in [-0.2, -0.15) is 4.99 Å². The van der Waals surface area contributed by atoms with Crippen LogP contribution in [0.4, 0.5) is 0 Å². The fourth-order valence-electron chi connectivity index (χ4n) is 3.04. The Hall–Kier alpha value is -1.31. The summed E-state index contributed by atoms with van der Waals surface area (Å²) in [5.74, 6) is 0.507.